The second-order valence-corrected chi connectivity index (χ2v) is 16.4. The lowest BCUT2D eigenvalue weighted by molar-refractivity contribution is 0.660. The van der Waals surface area contributed by atoms with Gasteiger partial charge in [0.2, 0.25) is 0 Å². The number of benzene rings is 10. The Hall–Kier alpha value is -7.48. The number of fused-ring (bicyclic) bond motifs is 6. The molecule has 0 spiro atoms. The monoisotopic (exact) mass is 765 g/mol. The van der Waals surface area contributed by atoms with Crippen LogP contribution in [0.1, 0.15) is 25.0 Å². The molecule has 0 bridgehead atoms. The highest BCUT2D eigenvalue weighted by Gasteiger charge is 2.35. The third-order valence-electron chi connectivity index (χ3n) is 12.7. The minimum atomic E-state index is -0.109. The quantitative estimate of drug-likeness (QED) is 0.146. The molecule has 0 fully saturated rings. The number of hydrogen-bond acceptors (Lipinski definition) is 1. The molecular formula is C59H43N. The van der Waals surface area contributed by atoms with Gasteiger partial charge in [0.1, 0.15) is 0 Å². The van der Waals surface area contributed by atoms with Crippen molar-refractivity contribution >= 4 is 38.6 Å². The van der Waals surface area contributed by atoms with Gasteiger partial charge in [0.15, 0.2) is 0 Å². The lowest BCUT2D eigenvalue weighted by Crippen LogP contribution is -2.15. The van der Waals surface area contributed by atoms with Crippen LogP contribution in [0.5, 0.6) is 0 Å². The van der Waals surface area contributed by atoms with E-state index >= 15 is 0 Å². The van der Waals surface area contributed by atoms with Crippen LogP contribution in [0.2, 0.25) is 0 Å². The van der Waals surface area contributed by atoms with Crippen LogP contribution in [0.25, 0.3) is 77.2 Å². The van der Waals surface area contributed by atoms with Gasteiger partial charge in [0, 0.05) is 22.2 Å². The maximum absolute atomic E-state index is 2.49. The van der Waals surface area contributed by atoms with Crippen molar-refractivity contribution in [3.63, 3.8) is 0 Å². The minimum absolute atomic E-state index is 0.109. The van der Waals surface area contributed by atoms with Crippen LogP contribution in [-0.4, -0.2) is 0 Å². The lowest BCUT2D eigenvalue weighted by atomic mass is 9.81. The van der Waals surface area contributed by atoms with E-state index in [9.17, 15) is 0 Å². The molecule has 0 saturated heterocycles. The van der Waals surface area contributed by atoms with Crippen LogP contribution in [0.4, 0.5) is 17.1 Å². The second-order valence-electron chi connectivity index (χ2n) is 16.4. The van der Waals surface area contributed by atoms with Crippen LogP contribution in [0.3, 0.4) is 0 Å². The largest absolute Gasteiger partial charge is 0.309 e. The van der Waals surface area contributed by atoms with E-state index < -0.39 is 0 Å². The molecule has 0 amide bonds. The third kappa shape index (κ3) is 5.85. The molecule has 10 aromatic rings. The van der Waals surface area contributed by atoms with E-state index in [1.165, 1.54) is 88.3 Å². The summed E-state index contributed by atoms with van der Waals surface area (Å²) >= 11 is 0. The van der Waals surface area contributed by atoms with E-state index in [1.807, 2.05) is 0 Å². The molecule has 0 heterocycles. The number of rotatable bonds is 7. The normalized spacial score (nSPS) is 12.6. The first kappa shape index (κ1) is 35.7. The summed E-state index contributed by atoms with van der Waals surface area (Å²) in [6, 6.07) is 82.5. The molecular weight excluding hydrogens is 723 g/mol. The Morgan fingerprint density at radius 1 is 0.300 bits per heavy atom. The maximum atomic E-state index is 2.49. The van der Waals surface area contributed by atoms with Crippen LogP contribution >= 0.6 is 0 Å². The fourth-order valence-electron chi connectivity index (χ4n) is 9.78. The van der Waals surface area contributed by atoms with Gasteiger partial charge in [-0.15, -0.1) is 0 Å². The summed E-state index contributed by atoms with van der Waals surface area (Å²) in [5.41, 5.74) is 18.2. The van der Waals surface area contributed by atoms with Crippen LogP contribution in [0, 0.1) is 0 Å². The Bertz CT molecular complexity index is 3240. The first-order valence-electron chi connectivity index (χ1n) is 20.9. The number of para-hydroxylation sites is 2. The van der Waals surface area contributed by atoms with Crippen LogP contribution in [-0.2, 0) is 5.41 Å². The van der Waals surface area contributed by atoms with Crippen molar-refractivity contribution in [2.45, 2.75) is 19.3 Å². The van der Waals surface area contributed by atoms with E-state index in [2.05, 4.69) is 243 Å². The van der Waals surface area contributed by atoms with Gasteiger partial charge in [-0.3, -0.25) is 0 Å². The summed E-state index contributed by atoms with van der Waals surface area (Å²) in [7, 11) is 0. The van der Waals surface area contributed by atoms with Crippen molar-refractivity contribution < 1.29 is 0 Å². The zero-order valence-corrected chi connectivity index (χ0v) is 33.8. The molecule has 0 radical (unpaired) electrons. The molecule has 1 aliphatic rings. The molecule has 0 aromatic heterocycles. The highest BCUT2D eigenvalue weighted by atomic mass is 15.1. The molecule has 10 aromatic carbocycles. The molecule has 0 N–H and O–H groups in total. The molecule has 1 aliphatic carbocycles. The molecule has 0 aliphatic heterocycles. The molecule has 1 heteroatoms. The molecule has 60 heavy (non-hydrogen) atoms. The van der Waals surface area contributed by atoms with Crippen molar-refractivity contribution in [2.75, 3.05) is 4.90 Å². The molecule has 1 nitrogen and oxygen atoms in total. The maximum Gasteiger partial charge on any atom is 0.0540 e. The zero-order valence-electron chi connectivity index (χ0n) is 33.8. The van der Waals surface area contributed by atoms with Crippen molar-refractivity contribution in [3.8, 4) is 55.6 Å². The van der Waals surface area contributed by atoms with Crippen molar-refractivity contribution in [3.05, 3.63) is 236 Å². The fraction of sp³-hybridized carbons (Fsp3) is 0.0508. The first-order chi connectivity index (χ1) is 29.5. The van der Waals surface area contributed by atoms with Gasteiger partial charge < -0.3 is 4.90 Å². The van der Waals surface area contributed by atoms with Gasteiger partial charge in [-0.1, -0.05) is 208 Å². The molecule has 0 saturated carbocycles. The average Bonchev–Trinajstić information content (AvgIpc) is 3.54. The topological polar surface area (TPSA) is 3.24 Å². The summed E-state index contributed by atoms with van der Waals surface area (Å²) in [5.74, 6) is 0. The standard InChI is InChI=1S/C59H43N/c1-59(2)55-31-13-10-27-52(55)53-37-35-43(39-56(53)59)48-25-11-14-32-57(48)60(58-33-15-12-28-54(58)50-26-9-8-24-45(50)40-18-4-3-5-19-40)44-22-16-21-42(38-44)47-29-17-30-49-46-23-7-6-20-41(46)34-36-51(47)49/h3-39H,1-2H3. The summed E-state index contributed by atoms with van der Waals surface area (Å²) < 4.78 is 0. The summed E-state index contributed by atoms with van der Waals surface area (Å²) in [6.07, 6.45) is 0. The van der Waals surface area contributed by atoms with E-state index in [0.29, 0.717) is 0 Å². The Labute approximate surface area is 352 Å². The third-order valence-corrected chi connectivity index (χ3v) is 12.7. The highest BCUT2D eigenvalue weighted by Crippen LogP contribution is 2.52. The molecule has 0 atom stereocenters. The second kappa shape index (κ2) is 14.4. The number of hydrogen-bond donors (Lipinski definition) is 0. The average molecular weight is 766 g/mol. The summed E-state index contributed by atoms with van der Waals surface area (Å²) in [6.45, 7) is 4.73. The van der Waals surface area contributed by atoms with Crippen molar-refractivity contribution in [2.24, 2.45) is 0 Å². The van der Waals surface area contributed by atoms with E-state index in [0.717, 1.165) is 17.1 Å². The van der Waals surface area contributed by atoms with Crippen molar-refractivity contribution in [1.82, 2.24) is 0 Å². The summed E-state index contributed by atoms with van der Waals surface area (Å²) in [4.78, 5) is 2.49. The van der Waals surface area contributed by atoms with E-state index in [-0.39, 0.29) is 5.41 Å². The predicted molar refractivity (Wildman–Crippen MR) is 255 cm³/mol. The number of nitrogens with zero attached hydrogens (tertiary/aromatic N) is 1. The smallest absolute Gasteiger partial charge is 0.0540 e. The zero-order chi connectivity index (χ0) is 40.2. The van der Waals surface area contributed by atoms with Gasteiger partial charge in [0.25, 0.3) is 0 Å². The Kier molecular flexibility index (Phi) is 8.57. The SMILES string of the molecule is CC1(C)c2ccccc2-c2ccc(-c3ccccc3N(c3cccc(-c4cccc5c4ccc4ccccc45)c3)c3ccccc3-c3ccccc3-c3ccccc3)cc21. The molecule has 11 rings (SSSR count). The fourth-order valence-corrected chi connectivity index (χ4v) is 9.78. The number of anilines is 3. The Morgan fingerprint density at radius 3 is 1.70 bits per heavy atom. The highest BCUT2D eigenvalue weighted by molar-refractivity contribution is 6.12. The summed E-state index contributed by atoms with van der Waals surface area (Å²) in [5, 5.41) is 5.04. The minimum Gasteiger partial charge on any atom is -0.309 e. The van der Waals surface area contributed by atoms with Gasteiger partial charge >= 0.3 is 0 Å². The first-order valence-corrected chi connectivity index (χ1v) is 20.9. The van der Waals surface area contributed by atoms with E-state index in [4.69, 9.17) is 0 Å². The Morgan fingerprint density at radius 2 is 0.867 bits per heavy atom. The predicted octanol–water partition coefficient (Wildman–Crippen LogP) is 16.4. The van der Waals surface area contributed by atoms with Crippen LogP contribution in [0.15, 0.2) is 224 Å². The van der Waals surface area contributed by atoms with Crippen molar-refractivity contribution in [1.29, 1.82) is 0 Å². The molecule has 0 unspecified atom stereocenters. The lowest BCUT2D eigenvalue weighted by Gasteiger charge is -2.31. The Balaban J connectivity index is 1.14. The van der Waals surface area contributed by atoms with Gasteiger partial charge in [0.05, 0.1) is 11.4 Å². The van der Waals surface area contributed by atoms with Gasteiger partial charge in [-0.05, 0) is 108 Å². The van der Waals surface area contributed by atoms with Crippen LogP contribution < -0.4 is 4.90 Å². The van der Waals surface area contributed by atoms with Gasteiger partial charge in [-0.25, -0.2) is 0 Å². The molecule has 284 valence electrons. The van der Waals surface area contributed by atoms with Gasteiger partial charge in [-0.2, -0.15) is 0 Å². The van der Waals surface area contributed by atoms with E-state index in [1.54, 1.807) is 0 Å².